The average Bonchev–Trinajstić information content (AvgIpc) is 2.31. The summed E-state index contributed by atoms with van der Waals surface area (Å²) in [5, 5.41) is 22.6. The summed E-state index contributed by atoms with van der Waals surface area (Å²) in [6.45, 7) is 1.95. The number of nitrogens with one attached hydrogen (secondary N) is 1. The van der Waals surface area contributed by atoms with Gasteiger partial charge in [0.1, 0.15) is 0 Å². The van der Waals surface area contributed by atoms with Crippen LogP contribution in [-0.2, 0) is 4.79 Å². The molecule has 7 heteroatoms. The summed E-state index contributed by atoms with van der Waals surface area (Å²) in [4.78, 5) is 20.8. The number of nitrogens with zero attached hydrogens (tertiary/aromatic N) is 1. The third-order valence-electron chi connectivity index (χ3n) is 2.58. The molecule has 0 saturated heterocycles. The number of nitro groups is 1. The minimum absolute atomic E-state index is 0.0266. The van der Waals surface area contributed by atoms with Crippen molar-refractivity contribution in [3.05, 3.63) is 33.3 Å². The third kappa shape index (κ3) is 4.75. The molecule has 0 aliphatic heterocycles. The fourth-order valence-corrected chi connectivity index (χ4v) is 1.97. The second-order valence-electron chi connectivity index (χ2n) is 4.15. The molecule has 0 heterocycles. The molecule has 1 aromatic carbocycles. The van der Waals surface area contributed by atoms with Crippen LogP contribution in [0.25, 0.3) is 0 Å². The van der Waals surface area contributed by atoms with Crippen LogP contribution in [0.2, 0.25) is 5.02 Å². The van der Waals surface area contributed by atoms with Crippen molar-refractivity contribution in [3.8, 4) is 0 Å². The molecule has 0 saturated carbocycles. The molecule has 0 spiro atoms. The Hall–Kier alpha value is -1.82. The Morgan fingerprint density at radius 2 is 2.26 bits per heavy atom. The number of aliphatic carboxylic acids is 1. The van der Waals surface area contributed by atoms with Crippen LogP contribution >= 0.6 is 11.6 Å². The molecule has 1 aromatic rings. The van der Waals surface area contributed by atoms with Crippen molar-refractivity contribution >= 4 is 28.9 Å². The van der Waals surface area contributed by atoms with Crippen LogP contribution in [-0.4, -0.2) is 22.0 Å². The Morgan fingerprint density at radius 3 is 2.74 bits per heavy atom. The molecule has 0 fully saturated rings. The number of benzene rings is 1. The van der Waals surface area contributed by atoms with Gasteiger partial charge in [0, 0.05) is 18.2 Å². The van der Waals surface area contributed by atoms with E-state index in [0.29, 0.717) is 12.1 Å². The van der Waals surface area contributed by atoms with Gasteiger partial charge in [0.2, 0.25) is 0 Å². The summed E-state index contributed by atoms with van der Waals surface area (Å²) in [6, 6.07) is 3.82. The maximum Gasteiger partial charge on any atom is 0.305 e. The number of anilines is 1. The predicted molar refractivity (Wildman–Crippen MR) is 72.7 cm³/mol. The second-order valence-corrected chi connectivity index (χ2v) is 4.56. The van der Waals surface area contributed by atoms with Gasteiger partial charge < -0.3 is 10.4 Å². The number of hydrogen-bond donors (Lipinski definition) is 2. The van der Waals surface area contributed by atoms with Gasteiger partial charge in [-0.25, -0.2) is 0 Å². The Kier molecular flexibility index (Phi) is 5.57. The number of carbonyl (C=O) groups is 1. The van der Waals surface area contributed by atoms with E-state index >= 15 is 0 Å². The van der Waals surface area contributed by atoms with E-state index in [2.05, 4.69) is 5.32 Å². The van der Waals surface area contributed by atoms with Crippen LogP contribution in [0.15, 0.2) is 18.2 Å². The molecule has 0 aromatic heterocycles. The first-order valence-electron chi connectivity index (χ1n) is 5.86. The number of rotatable bonds is 7. The smallest absolute Gasteiger partial charge is 0.305 e. The molecule has 19 heavy (non-hydrogen) atoms. The lowest BCUT2D eigenvalue weighted by molar-refractivity contribution is -0.384. The van der Waals surface area contributed by atoms with Gasteiger partial charge in [0.25, 0.3) is 5.69 Å². The maximum absolute atomic E-state index is 10.7. The second kappa shape index (κ2) is 6.94. The highest BCUT2D eigenvalue weighted by molar-refractivity contribution is 6.33. The van der Waals surface area contributed by atoms with Crippen LogP contribution in [0.5, 0.6) is 0 Å². The van der Waals surface area contributed by atoms with Crippen molar-refractivity contribution in [2.24, 2.45) is 0 Å². The molecular weight excluding hydrogens is 272 g/mol. The zero-order valence-electron chi connectivity index (χ0n) is 10.4. The summed E-state index contributed by atoms with van der Waals surface area (Å²) in [6.07, 6.45) is 1.48. The van der Waals surface area contributed by atoms with E-state index < -0.39 is 10.9 Å². The molecule has 0 aliphatic carbocycles. The summed E-state index contributed by atoms with van der Waals surface area (Å²) in [5.41, 5.74) is 0.410. The summed E-state index contributed by atoms with van der Waals surface area (Å²) < 4.78 is 0. The highest BCUT2D eigenvalue weighted by Crippen LogP contribution is 2.28. The monoisotopic (exact) mass is 286 g/mol. The van der Waals surface area contributed by atoms with Crippen molar-refractivity contribution < 1.29 is 14.8 Å². The summed E-state index contributed by atoms with van der Waals surface area (Å²) >= 11 is 5.94. The highest BCUT2D eigenvalue weighted by atomic mass is 35.5. The summed E-state index contributed by atoms with van der Waals surface area (Å²) in [7, 11) is 0. The fourth-order valence-electron chi connectivity index (χ4n) is 1.74. The lowest BCUT2D eigenvalue weighted by Gasteiger charge is -2.18. The topological polar surface area (TPSA) is 92.5 Å². The van der Waals surface area contributed by atoms with Crippen LogP contribution in [0.3, 0.4) is 0 Å². The zero-order valence-corrected chi connectivity index (χ0v) is 11.2. The number of carboxylic acids is 1. The average molecular weight is 287 g/mol. The molecule has 0 radical (unpaired) electrons. The van der Waals surface area contributed by atoms with Crippen molar-refractivity contribution in [3.63, 3.8) is 0 Å². The van der Waals surface area contributed by atoms with Gasteiger partial charge in [0.05, 0.1) is 22.1 Å². The molecule has 2 N–H and O–H groups in total. The first-order valence-corrected chi connectivity index (χ1v) is 6.24. The van der Waals surface area contributed by atoms with E-state index in [1.54, 1.807) is 0 Å². The number of nitro benzene ring substituents is 1. The molecule has 1 atom stereocenters. The highest BCUT2D eigenvalue weighted by Gasteiger charge is 2.15. The lowest BCUT2D eigenvalue weighted by atomic mass is 10.1. The summed E-state index contributed by atoms with van der Waals surface area (Å²) in [5.74, 6) is -0.899. The minimum atomic E-state index is -0.899. The van der Waals surface area contributed by atoms with Gasteiger partial charge in [-0.3, -0.25) is 14.9 Å². The standard InChI is InChI=1S/C12H15ClN2O4/c1-2-3-8(6-12(16)17)14-11-5-4-9(15(18)19)7-10(11)13/h4-5,7-8,14H,2-3,6H2,1H3,(H,16,17). The molecular formula is C12H15ClN2O4. The van der Waals surface area contributed by atoms with Gasteiger partial charge in [0.15, 0.2) is 0 Å². The van der Waals surface area contributed by atoms with Gasteiger partial charge in [-0.1, -0.05) is 24.9 Å². The van der Waals surface area contributed by atoms with Crippen LogP contribution in [0, 0.1) is 10.1 Å². The van der Waals surface area contributed by atoms with Gasteiger partial charge in [-0.2, -0.15) is 0 Å². The van der Waals surface area contributed by atoms with Crippen LogP contribution < -0.4 is 5.32 Å². The normalized spacial score (nSPS) is 11.9. The molecule has 6 nitrogen and oxygen atoms in total. The number of non-ortho nitro benzene ring substituents is 1. The quantitative estimate of drug-likeness (QED) is 0.592. The Balaban J connectivity index is 2.84. The Bertz CT molecular complexity index is 479. The van der Waals surface area contributed by atoms with Crippen LogP contribution in [0.4, 0.5) is 11.4 Å². The van der Waals surface area contributed by atoms with E-state index in [1.807, 2.05) is 6.92 Å². The van der Waals surface area contributed by atoms with Gasteiger partial charge >= 0.3 is 5.97 Å². The molecule has 104 valence electrons. The SMILES string of the molecule is CCCC(CC(=O)O)Nc1ccc([N+](=O)[O-])cc1Cl. The van der Waals surface area contributed by atoms with Crippen molar-refractivity contribution in [1.82, 2.24) is 0 Å². The van der Waals surface area contributed by atoms with Gasteiger partial charge in [-0.05, 0) is 12.5 Å². The number of halogens is 1. The first kappa shape index (κ1) is 15.2. The van der Waals surface area contributed by atoms with Gasteiger partial charge in [-0.15, -0.1) is 0 Å². The molecule has 1 unspecified atom stereocenters. The first-order chi connectivity index (χ1) is 8.93. The number of carboxylic acid groups (broad SMARTS) is 1. The predicted octanol–water partition coefficient (Wildman–Crippen LogP) is 3.30. The van der Waals surface area contributed by atoms with E-state index in [9.17, 15) is 14.9 Å². The van der Waals surface area contributed by atoms with Crippen molar-refractivity contribution in [1.29, 1.82) is 0 Å². The lowest BCUT2D eigenvalue weighted by Crippen LogP contribution is -2.23. The Labute approximate surface area is 115 Å². The molecule has 0 bridgehead atoms. The van der Waals surface area contributed by atoms with E-state index in [-0.39, 0.29) is 23.2 Å². The van der Waals surface area contributed by atoms with Crippen LogP contribution in [0.1, 0.15) is 26.2 Å². The minimum Gasteiger partial charge on any atom is -0.481 e. The molecule has 0 aliphatic rings. The zero-order chi connectivity index (χ0) is 14.4. The largest absolute Gasteiger partial charge is 0.481 e. The molecule has 1 rings (SSSR count). The van der Waals surface area contributed by atoms with Crippen molar-refractivity contribution in [2.75, 3.05) is 5.32 Å². The number of hydrogen-bond acceptors (Lipinski definition) is 4. The van der Waals surface area contributed by atoms with E-state index in [0.717, 1.165) is 6.42 Å². The Morgan fingerprint density at radius 1 is 1.58 bits per heavy atom. The molecule has 0 amide bonds. The van der Waals surface area contributed by atoms with E-state index in [4.69, 9.17) is 16.7 Å². The van der Waals surface area contributed by atoms with Crippen molar-refractivity contribution in [2.45, 2.75) is 32.2 Å². The maximum atomic E-state index is 10.7. The third-order valence-corrected chi connectivity index (χ3v) is 2.89. The van der Waals surface area contributed by atoms with E-state index in [1.165, 1.54) is 18.2 Å². The fraction of sp³-hybridized carbons (Fsp3) is 0.417.